The molecule has 3 rings (SSSR count). The van der Waals surface area contributed by atoms with Crippen LogP contribution in [-0.2, 0) is 17.7 Å². The lowest BCUT2D eigenvalue weighted by Gasteiger charge is -2.34. The molecule has 1 unspecified atom stereocenters. The summed E-state index contributed by atoms with van der Waals surface area (Å²) in [5.41, 5.74) is 2.98. The van der Waals surface area contributed by atoms with E-state index in [1.807, 2.05) is 7.05 Å². The minimum absolute atomic E-state index is 0. The van der Waals surface area contributed by atoms with Gasteiger partial charge in [0.2, 0.25) is 0 Å². The molecule has 2 heterocycles. The summed E-state index contributed by atoms with van der Waals surface area (Å²) in [4.78, 5) is 9.34. The van der Waals surface area contributed by atoms with E-state index in [1.165, 1.54) is 11.1 Å². The molecule has 0 aliphatic carbocycles. The van der Waals surface area contributed by atoms with Crippen LogP contribution in [0.1, 0.15) is 18.1 Å². The number of aliphatic imine (C=N–C) groups is 1. The van der Waals surface area contributed by atoms with Crippen molar-refractivity contribution in [3.05, 3.63) is 35.4 Å². The fourth-order valence-corrected chi connectivity index (χ4v) is 3.65. The largest absolute Gasteiger partial charge is 0.379 e. The summed E-state index contributed by atoms with van der Waals surface area (Å²) >= 11 is 0. The van der Waals surface area contributed by atoms with Gasteiger partial charge in [0.05, 0.1) is 13.2 Å². The van der Waals surface area contributed by atoms with Gasteiger partial charge >= 0.3 is 0 Å². The number of rotatable bonds is 6. The van der Waals surface area contributed by atoms with Crippen LogP contribution in [0.4, 0.5) is 0 Å². The molecule has 2 aliphatic rings. The molecule has 1 atom stereocenters. The first kappa shape index (κ1) is 22.4. The van der Waals surface area contributed by atoms with E-state index in [9.17, 15) is 0 Å². The summed E-state index contributed by atoms with van der Waals surface area (Å²) in [7, 11) is 1.84. The van der Waals surface area contributed by atoms with Gasteiger partial charge in [0.15, 0.2) is 5.96 Å². The molecule has 2 N–H and O–H groups in total. The van der Waals surface area contributed by atoms with E-state index in [0.717, 1.165) is 71.4 Å². The van der Waals surface area contributed by atoms with Crippen molar-refractivity contribution in [2.75, 3.05) is 59.5 Å². The molecule has 0 aromatic heterocycles. The van der Waals surface area contributed by atoms with Crippen molar-refractivity contribution in [2.45, 2.75) is 25.9 Å². The van der Waals surface area contributed by atoms with Gasteiger partial charge in [-0.1, -0.05) is 24.3 Å². The van der Waals surface area contributed by atoms with Crippen LogP contribution < -0.4 is 10.6 Å². The Morgan fingerprint density at radius 2 is 1.89 bits per heavy atom. The second kappa shape index (κ2) is 11.8. The zero-order valence-corrected chi connectivity index (χ0v) is 18.9. The molecule has 1 aromatic rings. The van der Waals surface area contributed by atoms with Crippen molar-refractivity contribution in [2.24, 2.45) is 4.99 Å². The van der Waals surface area contributed by atoms with Crippen molar-refractivity contribution in [1.82, 2.24) is 20.4 Å². The number of nitrogens with one attached hydrogen (secondary N) is 2. The Hall–Kier alpha value is -0.900. The van der Waals surface area contributed by atoms with E-state index in [1.54, 1.807) is 0 Å². The van der Waals surface area contributed by atoms with E-state index < -0.39 is 0 Å². The molecule has 152 valence electrons. The number of hydrogen-bond donors (Lipinski definition) is 2. The standard InChI is InChI=1S/C20H33N5O.HI/c1-17(25-9-7-18-5-3-4-6-19(18)16-25)15-23-20(21-2)22-8-10-24-11-13-26-14-12-24;/h3-6,17H,7-16H2,1-2H3,(H2,21,22,23);1H. The highest BCUT2D eigenvalue weighted by molar-refractivity contribution is 14.0. The maximum atomic E-state index is 5.39. The Kier molecular flexibility index (Phi) is 9.81. The second-order valence-electron chi connectivity index (χ2n) is 7.17. The van der Waals surface area contributed by atoms with Gasteiger partial charge < -0.3 is 15.4 Å². The molecule has 27 heavy (non-hydrogen) atoms. The molecule has 1 fully saturated rings. The smallest absolute Gasteiger partial charge is 0.191 e. The monoisotopic (exact) mass is 487 g/mol. The lowest BCUT2D eigenvalue weighted by Crippen LogP contribution is -2.48. The van der Waals surface area contributed by atoms with E-state index in [2.05, 4.69) is 56.6 Å². The van der Waals surface area contributed by atoms with E-state index in [-0.39, 0.29) is 24.0 Å². The fourth-order valence-electron chi connectivity index (χ4n) is 3.65. The van der Waals surface area contributed by atoms with Crippen LogP contribution >= 0.6 is 24.0 Å². The van der Waals surface area contributed by atoms with Gasteiger partial charge in [0.1, 0.15) is 0 Å². The third kappa shape index (κ3) is 6.89. The summed E-state index contributed by atoms with van der Waals surface area (Å²) in [5, 5.41) is 6.91. The van der Waals surface area contributed by atoms with E-state index in [4.69, 9.17) is 4.74 Å². The molecule has 0 amide bonds. The van der Waals surface area contributed by atoms with Crippen LogP contribution in [0.2, 0.25) is 0 Å². The lowest BCUT2D eigenvalue weighted by molar-refractivity contribution is 0.0389. The van der Waals surface area contributed by atoms with Gasteiger partial charge in [-0.15, -0.1) is 24.0 Å². The summed E-state index contributed by atoms with van der Waals surface area (Å²) in [6, 6.07) is 9.28. The molecule has 2 aliphatic heterocycles. The third-order valence-corrected chi connectivity index (χ3v) is 5.40. The Balaban J connectivity index is 0.00000261. The number of ether oxygens (including phenoxy) is 1. The molecule has 0 spiro atoms. The molecule has 1 aromatic carbocycles. The summed E-state index contributed by atoms with van der Waals surface area (Å²) in [6.07, 6.45) is 1.15. The van der Waals surface area contributed by atoms with Crippen LogP contribution in [0.3, 0.4) is 0 Å². The van der Waals surface area contributed by atoms with Gasteiger partial charge in [-0.25, -0.2) is 0 Å². The quantitative estimate of drug-likeness (QED) is 0.363. The Bertz CT molecular complexity index is 591. The molecular formula is C20H34IN5O. The van der Waals surface area contributed by atoms with E-state index >= 15 is 0 Å². The predicted octanol–water partition coefficient (Wildman–Crippen LogP) is 1.55. The van der Waals surface area contributed by atoms with Crippen LogP contribution in [-0.4, -0.2) is 81.3 Å². The van der Waals surface area contributed by atoms with Crippen LogP contribution in [0.15, 0.2) is 29.3 Å². The van der Waals surface area contributed by atoms with Gasteiger partial charge in [0, 0.05) is 58.9 Å². The van der Waals surface area contributed by atoms with Crippen molar-refractivity contribution < 1.29 is 4.74 Å². The van der Waals surface area contributed by atoms with Crippen LogP contribution in [0, 0.1) is 0 Å². The minimum atomic E-state index is 0. The molecule has 1 saturated heterocycles. The number of hydrogen-bond acceptors (Lipinski definition) is 4. The highest BCUT2D eigenvalue weighted by Gasteiger charge is 2.20. The maximum Gasteiger partial charge on any atom is 0.191 e. The maximum absolute atomic E-state index is 5.39. The third-order valence-electron chi connectivity index (χ3n) is 5.40. The average Bonchev–Trinajstić information content (AvgIpc) is 2.70. The number of fused-ring (bicyclic) bond motifs is 1. The van der Waals surface area contributed by atoms with Gasteiger partial charge in [-0.05, 0) is 24.5 Å². The highest BCUT2D eigenvalue weighted by Crippen LogP contribution is 2.19. The first-order chi connectivity index (χ1) is 12.8. The number of morpholine rings is 1. The first-order valence-corrected chi connectivity index (χ1v) is 9.81. The predicted molar refractivity (Wildman–Crippen MR) is 122 cm³/mol. The van der Waals surface area contributed by atoms with Crippen molar-refractivity contribution in [3.63, 3.8) is 0 Å². The first-order valence-electron chi connectivity index (χ1n) is 9.81. The molecule has 0 bridgehead atoms. The average molecular weight is 487 g/mol. The highest BCUT2D eigenvalue weighted by atomic mass is 127. The normalized spacial score (nSPS) is 19.7. The fraction of sp³-hybridized carbons (Fsp3) is 0.650. The Morgan fingerprint density at radius 3 is 2.63 bits per heavy atom. The van der Waals surface area contributed by atoms with Gasteiger partial charge in [0.25, 0.3) is 0 Å². The molecule has 6 nitrogen and oxygen atoms in total. The number of benzene rings is 1. The zero-order chi connectivity index (χ0) is 18.2. The number of halogens is 1. The molecule has 7 heteroatoms. The Labute approximate surface area is 180 Å². The van der Waals surface area contributed by atoms with Crippen molar-refractivity contribution in [1.29, 1.82) is 0 Å². The SMILES string of the molecule is CN=C(NCCN1CCOCC1)NCC(C)N1CCc2ccccc2C1.I. The molecular weight excluding hydrogens is 453 g/mol. The number of nitrogens with zero attached hydrogens (tertiary/aromatic N) is 3. The minimum Gasteiger partial charge on any atom is -0.379 e. The second-order valence-corrected chi connectivity index (χ2v) is 7.17. The van der Waals surface area contributed by atoms with Crippen molar-refractivity contribution in [3.8, 4) is 0 Å². The van der Waals surface area contributed by atoms with Crippen LogP contribution in [0.25, 0.3) is 0 Å². The lowest BCUT2D eigenvalue weighted by atomic mass is 9.99. The van der Waals surface area contributed by atoms with Gasteiger partial charge in [-0.2, -0.15) is 0 Å². The Morgan fingerprint density at radius 1 is 1.15 bits per heavy atom. The number of guanidine groups is 1. The van der Waals surface area contributed by atoms with E-state index in [0.29, 0.717) is 6.04 Å². The summed E-state index contributed by atoms with van der Waals surface area (Å²) in [5.74, 6) is 0.891. The van der Waals surface area contributed by atoms with Crippen molar-refractivity contribution >= 4 is 29.9 Å². The molecule has 0 saturated carbocycles. The molecule has 0 radical (unpaired) electrons. The summed E-state index contributed by atoms with van der Waals surface area (Å²) in [6.45, 7) is 11.1. The van der Waals surface area contributed by atoms with Crippen LogP contribution in [0.5, 0.6) is 0 Å². The zero-order valence-electron chi connectivity index (χ0n) is 16.6. The topological polar surface area (TPSA) is 52.1 Å². The summed E-state index contributed by atoms with van der Waals surface area (Å²) < 4.78 is 5.39. The van der Waals surface area contributed by atoms with Gasteiger partial charge in [-0.3, -0.25) is 14.8 Å².